The lowest BCUT2D eigenvalue weighted by molar-refractivity contribution is -0.116. The molecule has 0 fully saturated rings. The fraction of sp³-hybridized carbons (Fsp3) is 0.222. The van der Waals surface area contributed by atoms with Gasteiger partial charge in [-0.2, -0.15) is 0 Å². The second-order valence-electron chi connectivity index (χ2n) is 6.04. The van der Waals surface area contributed by atoms with Gasteiger partial charge in [-0.3, -0.25) is 14.2 Å². The van der Waals surface area contributed by atoms with E-state index in [1.54, 1.807) is 18.7 Å². The molecule has 1 amide bonds. The van der Waals surface area contributed by atoms with E-state index in [4.69, 9.17) is 0 Å². The van der Waals surface area contributed by atoms with Crippen LogP contribution in [0.25, 0.3) is 11.3 Å². The first kappa shape index (κ1) is 16.6. The van der Waals surface area contributed by atoms with Gasteiger partial charge in [-0.25, -0.2) is 9.97 Å². The molecule has 0 saturated carbocycles. The summed E-state index contributed by atoms with van der Waals surface area (Å²) in [6.45, 7) is 2.60. The van der Waals surface area contributed by atoms with Crippen molar-refractivity contribution in [3.8, 4) is 11.3 Å². The summed E-state index contributed by atoms with van der Waals surface area (Å²) in [4.78, 5) is 33.0. The number of benzene rings is 1. The lowest BCUT2D eigenvalue weighted by Gasteiger charge is -2.10. The first-order chi connectivity index (χ1) is 12.6. The van der Waals surface area contributed by atoms with Crippen LogP contribution >= 0.6 is 11.8 Å². The van der Waals surface area contributed by atoms with Gasteiger partial charge in [0.15, 0.2) is 5.16 Å². The van der Waals surface area contributed by atoms with Gasteiger partial charge in [0, 0.05) is 35.8 Å². The van der Waals surface area contributed by atoms with E-state index in [1.807, 2.05) is 30.5 Å². The van der Waals surface area contributed by atoms with Crippen LogP contribution in [0.15, 0.2) is 52.8 Å². The summed E-state index contributed by atoms with van der Waals surface area (Å²) in [5.74, 6) is 0.756. The molecule has 0 atom stereocenters. The normalized spacial score (nSPS) is 12.8. The number of amides is 1. The minimum absolute atomic E-state index is 0.0873. The zero-order chi connectivity index (χ0) is 18.1. The Bertz CT molecular complexity index is 1020. The number of aryl methyl sites for hydroxylation is 2. The van der Waals surface area contributed by atoms with Crippen molar-refractivity contribution in [2.24, 2.45) is 0 Å². The van der Waals surface area contributed by atoms with Gasteiger partial charge in [0.25, 0.3) is 5.56 Å². The molecule has 1 aliphatic heterocycles. The Morgan fingerprint density at radius 2 is 2.19 bits per heavy atom. The summed E-state index contributed by atoms with van der Waals surface area (Å²) in [6, 6.07) is 8.94. The number of hydrogen-bond acceptors (Lipinski definition) is 5. The van der Waals surface area contributed by atoms with Gasteiger partial charge in [-0.15, -0.1) is 0 Å². The van der Waals surface area contributed by atoms with Crippen molar-refractivity contribution in [1.82, 2.24) is 19.1 Å². The molecule has 26 heavy (non-hydrogen) atoms. The summed E-state index contributed by atoms with van der Waals surface area (Å²) in [5, 5.41) is 3.88. The molecule has 132 valence electrons. The van der Waals surface area contributed by atoms with Crippen LogP contribution in [0.4, 0.5) is 5.69 Å². The van der Waals surface area contributed by atoms with Crippen molar-refractivity contribution in [2.75, 3.05) is 11.1 Å². The summed E-state index contributed by atoms with van der Waals surface area (Å²) in [6.07, 6.45) is 3.40. The molecule has 0 spiro atoms. The number of rotatable bonds is 4. The van der Waals surface area contributed by atoms with Gasteiger partial charge >= 0.3 is 0 Å². The molecule has 1 N–H and O–H groups in total. The molecule has 3 aromatic rings. The maximum atomic E-state index is 12.4. The first-order valence-corrected chi connectivity index (χ1v) is 9.21. The lowest BCUT2D eigenvalue weighted by atomic mass is 10.1. The molecule has 0 aliphatic carbocycles. The van der Waals surface area contributed by atoms with Crippen LogP contribution in [0.5, 0.6) is 0 Å². The van der Waals surface area contributed by atoms with Crippen molar-refractivity contribution in [1.29, 1.82) is 0 Å². The monoisotopic (exact) mass is 367 g/mol. The molecule has 0 bridgehead atoms. The van der Waals surface area contributed by atoms with Crippen molar-refractivity contribution < 1.29 is 4.79 Å². The lowest BCUT2D eigenvalue weighted by Crippen LogP contribution is -2.27. The molecule has 7 nitrogen and oxygen atoms in total. The van der Waals surface area contributed by atoms with E-state index < -0.39 is 0 Å². The zero-order valence-corrected chi connectivity index (χ0v) is 15.0. The van der Waals surface area contributed by atoms with Gasteiger partial charge in [-0.05, 0) is 13.0 Å². The highest BCUT2D eigenvalue weighted by atomic mass is 32.2. The molecule has 1 aliphatic rings. The molecule has 0 unspecified atom stereocenters. The predicted octanol–water partition coefficient (Wildman–Crippen LogP) is 2.16. The molecule has 4 rings (SSSR count). The first-order valence-electron chi connectivity index (χ1n) is 8.22. The summed E-state index contributed by atoms with van der Waals surface area (Å²) >= 11 is 1.73. The average Bonchev–Trinajstić information content (AvgIpc) is 3.20. The molecular weight excluding hydrogens is 350 g/mol. The van der Waals surface area contributed by atoms with Crippen LogP contribution in [-0.2, 0) is 17.9 Å². The molecule has 0 radical (unpaired) electrons. The van der Waals surface area contributed by atoms with E-state index in [1.165, 1.54) is 17.0 Å². The van der Waals surface area contributed by atoms with E-state index in [0.717, 1.165) is 28.7 Å². The number of anilines is 1. The number of nitrogens with one attached hydrogen (secondary N) is 1. The minimum atomic E-state index is -0.286. The molecule has 2 aromatic heterocycles. The number of nitrogens with zero attached hydrogens (tertiary/aromatic N) is 4. The van der Waals surface area contributed by atoms with E-state index in [-0.39, 0.29) is 18.0 Å². The summed E-state index contributed by atoms with van der Waals surface area (Å²) < 4.78 is 3.41. The number of hydrogen-bond donors (Lipinski definition) is 1. The third-order valence-corrected chi connectivity index (χ3v) is 5.08. The van der Waals surface area contributed by atoms with Crippen LogP contribution in [-0.4, -0.2) is 30.8 Å². The highest BCUT2D eigenvalue weighted by Gasteiger charge is 2.17. The number of imidazole rings is 1. The fourth-order valence-electron chi connectivity index (χ4n) is 2.83. The third-order valence-electron chi connectivity index (χ3n) is 4.11. The summed E-state index contributed by atoms with van der Waals surface area (Å²) in [7, 11) is 0. The van der Waals surface area contributed by atoms with Crippen LogP contribution in [0, 0.1) is 6.92 Å². The number of thioether (sulfide) groups is 1. The van der Waals surface area contributed by atoms with Gasteiger partial charge < -0.3 is 9.88 Å². The Morgan fingerprint density at radius 3 is 3.00 bits per heavy atom. The number of fused-ring (bicyclic) bond motifs is 1. The number of carbonyl (C=O) groups excluding carboxylic acids is 1. The molecule has 8 heteroatoms. The van der Waals surface area contributed by atoms with E-state index >= 15 is 0 Å². The van der Waals surface area contributed by atoms with Gasteiger partial charge in [0.05, 0.1) is 17.7 Å². The Morgan fingerprint density at radius 1 is 1.35 bits per heavy atom. The highest BCUT2D eigenvalue weighted by Crippen LogP contribution is 2.32. The van der Waals surface area contributed by atoms with E-state index in [9.17, 15) is 9.59 Å². The minimum Gasteiger partial charge on any atom is -0.325 e. The SMILES string of the molecule is Cc1cc(=O)n(CC(=O)Nc2ccccc2-c2cn3c(n2)SCC3)cn1. The maximum absolute atomic E-state index is 12.4. The van der Waals surface area contributed by atoms with Gasteiger partial charge in [-0.1, -0.05) is 30.0 Å². The van der Waals surface area contributed by atoms with E-state index in [0.29, 0.717) is 11.4 Å². The van der Waals surface area contributed by atoms with Crippen LogP contribution < -0.4 is 10.9 Å². The number of para-hydroxylation sites is 1. The van der Waals surface area contributed by atoms with Crippen molar-refractivity contribution in [3.05, 3.63) is 58.9 Å². The molecular formula is C18H17N5O2S. The van der Waals surface area contributed by atoms with Crippen molar-refractivity contribution in [2.45, 2.75) is 25.2 Å². The van der Waals surface area contributed by atoms with Crippen molar-refractivity contribution >= 4 is 23.4 Å². The topological polar surface area (TPSA) is 81.8 Å². The Labute approximate surface area is 154 Å². The smallest absolute Gasteiger partial charge is 0.253 e. The standard InChI is InChI=1S/C18H17N5O2S/c1-12-8-17(25)23(11-19-12)10-16(24)20-14-5-3-2-4-13(14)15-9-22-6-7-26-18(22)21-15/h2-5,8-9,11H,6-7,10H2,1H3,(H,20,24). The largest absolute Gasteiger partial charge is 0.325 e. The number of carbonyl (C=O) groups is 1. The van der Waals surface area contributed by atoms with Crippen LogP contribution in [0.2, 0.25) is 0 Å². The third kappa shape index (κ3) is 3.28. The molecule has 0 saturated heterocycles. The predicted molar refractivity (Wildman–Crippen MR) is 100 cm³/mol. The summed E-state index contributed by atoms with van der Waals surface area (Å²) in [5.41, 5.74) is 2.74. The van der Waals surface area contributed by atoms with E-state index in [2.05, 4.69) is 19.9 Å². The fourth-order valence-corrected chi connectivity index (χ4v) is 3.78. The Hall–Kier alpha value is -2.87. The Kier molecular flexibility index (Phi) is 4.34. The van der Waals surface area contributed by atoms with Crippen molar-refractivity contribution in [3.63, 3.8) is 0 Å². The second kappa shape index (κ2) is 6.80. The maximum Gasteiger partial charge on any atom is 0.253 e. The Balaban J connectivity index is 1.56. The van der Waals surface area contributed by atoms with Crippen LogP contribution in [0.3, 0.4) is 0 Å². The number of aromatic nitrogens is 4. The average molecular weight is 367 g/mol. The quantitative estimate of drug-likeness (QED) is 0.764. The highest BCUT2D eigenvalue weighted by molar-refractivity contribution is 7.99. The zero-order valence-electron chi connectivity index (χ0n) is 14.2. The molecule has 3 heterocycles. The van der Waals surface area contributed by atoms with Gasteiger partial charge in [0.1, 0.15) is 6.54 Å². The second-order valence-corrected chi connectivity index (χ2v) is 7.10. The molecule has 1 aromatic carbocycles. The van der Waals surface area contributed by atoms with Crippen LogP contribution in [0.1, 0.15) is 5.69 Å². The van der Waals surface area contributed by atoms with Gasteiger partial charge in [0.2, 0.25) is 5.91 Å².